The van der Waals surface area contributed by atoms with Gasteiger partial charge in [-0.15, -0.1) is 0 Å². The second kappa shape index (κ2) is 16.4. The Morgan fingerprint density at radius 3 is 2.50 bits per heavy atom. The molecule has 0 aliphatic heterocycles. The number of carbonyl (C=O) groups is 1. The highest BCUT2D eigenvalue weighted by atomic mass is 16.5. The van der Waals surface area contributed by atoms with Crippen molar-refractivity contribution < 1.29 is 15.7 Å². The van der Waals surface area contributed by atoms with Gasteiger partial charge in [0.15, 0.2) is 0 Å². The molecule has 0 aliphatic carbocycles. The average molecular weight is 263 g/mol. The first-order valence-electron chi connectivity index (χ1n) is 7.16. The highest BCUT2D eigenvalue weighted by Gasteiger charge is 2.01. The molecule has 0 fully saturated rings. The van der Waals surface area contributed by atoms with E-state index in [-0.39, 0.29) is 13.4 Å². The molecular weight excluding hydrogens is 230 g/mol. The molecule has 0 aromatic heterocycles. The first-order chi connectivity index (χ1) is 8.70. The number of ether oxygens (including phenoxy) is 2. The van der Waals surface area contributed by atoms with Crippen LogP contribution in [0.5, 0.6) is 0 Å². The van der Waals surface area contributed by atoms with Crippen LogP contribution in [0.25, 0.3) is 0 Å². The summed E-state index contributed by atoms with van der Waals surface area (Å²) in [4.78, 5) is 11.3. The van der Waals surface area contributed by atoms with Crippen LogP contribution < -0.4 is 5.32 Å². The van der Waals surface area contributed by atoms with E-state index in [1.165, 1.54) is 0 Å². The third-order valence-corrected chi connectivity index (χ3v) is 2.30. The van der Waals surface area contributed by atoms with Gasteiger partial charge in [0.05, 0.1) is 12.7 Å². The topological polar surface area (TPSA) is 47.6 Å². The maximum atomic E-state index is 11.3. The van der Waals surface area contributed by atoms with Crippen LogP contribution in [0.2, 0.25) is 0 Å². The van der Waals surface area contributed by atoms with Gasteiger partial charge in [-0.3, -0.25) is 4.79 Å². The van der Waals surface area contributed by atoms with Crippen molar-refractivity contribution in [3.63, 3.8) is 0 Å². The minimum absolute atomic E-state index is 0. The van der Waals surface area contributed by atoms with E-state index in [0.717, 1.165) is 12.8 Å². The van der Waals surface area contributed by atoms with Crippen LogP contribution in [0.4, 0.5) is 0 Å². The smallest absolute Gasteiger partial charge is 0.220 e. The molecular formula is C14H33NO3. The monoisotopic (exact) mass is 263 g/mol. The summed E-state index contributed by atoms with van der Waals surface area (Å²) in [6, 6.07) is 0. The Balaban J connectivity index is -0.000000809. The zero-order valence-corrected chi connectivity index (χ0v) is 12.8. The van der Waals surface area contributed by atoms with Crippen molar-refractivity contribution in [3.05, 3.63) is 0 Å². The Kier molecular flexibility index (Phi) is 18.0. The van der Waals surface area contributed by atoms with Crippen LogP contribution >= 0.6 is 0 Å². The Bertz CT molecular complexity index is 180. The lowest BCUT2D eigenvalue weighted by Gasteiger charge is -2.10. The molecule has 0 saturated heterocycles. The Hall–Kier alpha value is -0.610. The molecule has 1 N–H and O–H groups in total. The summed E-state index contributed by atoms with van der Waals surface area (Å²) in [7, 11) is 0. The van der Waals surface area contributed by atoms with Gasteiger partial charge in [0, 0.05) is 27.6 Å². The molecule has 0 spiro atoms. The van der Waals surface area contributed by atoms with E-state index >= 15 is 0 Å². The van der Waals surface area contributed by atoms with Crippen molar-refractivity contribution >= 4 is 5.91 Å². The molecule has 0 heterocycles. The van der Waals surface area contributed by atoms with Gasteiger partial charge in [0.1, 0.15) is 0 Å². The predicted molar refractivity (Wildman–Crippen MR) is 77.9 cm³/mol. The molecule has 0 aromatic rings. The van der Waals surface area contributed by atoms with Gasteiger partial charge in [-0.05, 0) is 26.7 Å². The largest absolute Gasteiger partial charge is 0.382 e. The number of hydrogen-bond acceptors (Lipinski definition) is 3. The molecule has 0 aromatic carbocycles. The summed E-state index contributed by atoms with van der Waals surface area (Å²) in [5, 5.41) is 2.82. The molecule has 0 rings (SSSR count). The number of carbonyl (C=O) groups excluding carboxylic acids is 1. The molecule has 0 bridgehead atoms. The second-order valence-electron chi connectivity index (χ2n) is 3.74. The minimum Gasteiger partial charge on any atom is -0.382 e. The van der Waals surface area contributed by atoms with E-state index in [4.69, 9.17) is 9.47 Å². The van der Waals surface area contributed by atoms with Gasteiger partial charge in [-0.2, -0.15) is 0 Å². The lowest BCUT2D eigenvalue weighted by molar-refractivity contribution is -0.121. The van der Waals surface area contributed by atoms with Gasteiger partial charge in [0.25, 0.3) is 0 Å². The minimum atomic E-state index is 0. The van der Waals surface area contributed by atoms with Gasteiger partial charge in [-0.1, -0.05) is 20.8 Å². The molecule has 1 amide bonds. The van der Waals surface area contributed by atoms with Gasteiger partial charge in [-0.25, -0.2) is 0 Å². The average Bonchev–Trinajstić information content (AvgIpc) is 2.41. The summed E-state index contributed by atoms with van der Waals surface area (Å²) >= 11 is 0. The summed E-state index contributed by atoms with van der Waals surface area (Å²) in [5.41, 5.74) is 0. The normalized spacial score (nSPS) is 11.4. The molecule has 4 nitrogen and oxygen atoms in total. The first-order valence-corrected chi connectivity index (χ1v) is 7.16. The predicted octanol–water partition coefficient (Wildman–Crippen LogP) is 3.01. The van der Waals surface area contributed by atoms with Crippen LogP contribution in [0.15, 0.2) is 0 Å². The van der Waals surface area contributed by atoms with E-state index in [2.05, 4.69) is 12.2 Å². The molecule has 1 unspecified atom stereocenters. The Morgan fingerprint density at radius 1 is 1.28 bits per heavy atom. The van der Waals surface area contributed by atoms with E-state index in [1.807, 2.05) is 27.7 Å². The molecule has 0 saturated carbocycles. The fraction of sp³-hybridized carbons (Fsp3) is 0.929. The highest BCUT2D eigenvalue weighted by molar-refractivity contribution is 5.75. The highest BCUT2D eigenvalue weighted by Crippen LogP contribution is 1.94. The molecule has 0 aliphatic rings. The third-order valence-electron chi connectivity index (χ3n) is 2.30. The summed E-state index contributed by atoms with van der Waals surface area (Å²) in [6.45, 7) is 12.6. The van der Waals surface area contributed by atoms with E-state index in [9.17, 15) is 4.79 Å². The maximum absolute atomic E-state index is 11.3. The lowest BCUT2D eigenvalue weighted by Crippen LogP contribution is -2.28. The van der Waals surface area contributed by atoms with Crippen LogP contribution in [0.3, 0.4) is 0 Å². The third kappa shape index (κ3) is 15.4. The standard InChI is InChI=1S/C12H25NO3.C2H6.H2/c1-4-11(3)16-10-8-13-12(14)7-6-9-15-5-2;1-2;/h11H,4-10H2,1-3H3,(H,13,14);1-2H3;1H. The molecule has 112 valence electrons. The first kappa shape index (κ1) is 19.7. The van der Waals surface area contributed by atoms with Crippen molar-refractivity contribution in [2.24, 2.45) is 0 Å². The summed E-state index contributed by atoms with van der Waals surface area (Å²) < 4.78 is 10.6. The quantitative estimate of drug-likeness (QED) is 0.616. The lowest BCUT2D eigenvalue weighted by atomic mass is 10.3. The zero-order chi connectivity index (χ0) is 14.2. The van der Waals surface area contributed by atoms with E-state index in [1.54, 1.807) is 0 Å². The molecule has 18 heavy (non-hydrogen) atoms. The SMILES string of the molecule is CC.CCOCCCC(=O)NCCOC(C)CC.[HH]. The molecule has 4 heteroatoms. The zero-order valence-electron chi connectivity index (χ0n) is 12.8. The van der Waals surface area contributed by atoms with Crippen LogP contribution in [0, 0.1) is 0 Å². The number of hydrogen-bond donors (Lipinski definition) is 1. The van der Waals surface area contributed by atoms with Crippen molar-refractivity contribution in [3.8, 4) is 0 Å². The van der Waals surface area contributed by atoms with E-state index in [0.29, 0.717) is 32.8 Å². The van der Waals surface area contributed by atoms with Crippen LogP contribution in [-0.2, 0) is 14.3 Å². The van der Waals surface area contributed by atoms with Gasteiger partial charge >= 0.3 is 0 Å². The van der Waals surface area contributed by atoms with Crippen LogP contribution in [0.1, 0.15) is 55.3 Å². The molecule has 1 atom stereocenters. The van der Waals surface area contributed by atoms with Crippen molar-refractivity contribution in [2.45, 2.75) is 60.0 Å². The number of amides is 1. The summed E-state index contributed by atoms with van der Waals surface area (Å²) in [5.74, 6) is 0.0763. The van der Waals surface area contributed by atoms with Crippen molar-refractivity contribution in [1.29, 1.82) is 0 Å². The van der Waals surface area contributed by atoms with Gasteiger partial charge in [0.2, 0.25) is 5.91 Å². The molecule has 0 radical (unpaired) electrons. The fourth-order valence-corrected chi connectivity index (χ4v) is 1.14. The fourth-order valence-electron chi connectivity index (χ4n) is 1.14. The van der Waals surface area contributed by atoms with Crippen molar-refractivity contribution in [1.82, 2.24) is 5.32 Å². The van der Waals surface area contributed by atoms with Crippen molar-refractivity contribution in [2.75, 3.05) is 26.4 Å². The van der Waals surface area contributed by atoms with Crippen LogP contribution in [-0.4, -0.2) is 38.4 Å². The number of nitrogens with one attached hydrogen (secondary N) is 1. The Morgan fingerprint density at radius 2 is 1.94 bits per heavy atom. The Labute approximate surface area is 114 Å². The number of rotatable bonds is 10. The summed E-state index contributed by atoms with van der Waals surface area (Å²) in [6.07, 6.45) is 2.59. The van der Waals surface area contributed by atoms with Gasteiger partial charge < -0.3 is 14.8 Å². The maximum Gasteiger partial charge on any atom is 0.220 e. The second-order valence-corrected chi connectivity index (χ2v) is 3.74. The van der Waals surface area contributed by atoms with E-state index < -0.39 is 0 Å².